The van der Waals surface area contributed by atoms with Gasteiger partial charge in [0.1, 0.15) is 11.6 Å². The summed E-state index contributed by atoms with van der Waals surface area (Å²) >= 11 is 5.85. The fourth-order valence-electron chi connectivity index (χ4n) is 0.975. The average molecular weight is 261 g/mol. The van der Waals surface area contributed by atoms with Crippen LogP contribution in [-0.2, 0) is 9.53 Å². The maximum absolute atomic E-state index is 10.4. The predicted molar refractivity (Wildman–Crippen MR) is 63.4 cm³/mol. The Hall–Kier alpha value is -1.64. The van der Waals surface area contributed by atoms with Crippen molar-refractivity contribution in [3.05, 3.63) is 11.2 Å². The number of anilines is 2. The normalized spacial score (nSPS) is 10.0. The third-order valence-corrected chi connectivity index (χ3v) is 1.93. The van der Waals surface area contributed by atoms with Crippen LogP contribution in [0.3, 0.4) is 0 Å². The van der Waals surface area contributed by atoms with Crippen molar-refractivity contribution < 1.29 is 9.53 Å². The average Bonchev–Trinajstić information content (AvgIpc) is 2.30. The molecular weight excluding hydrogens is 248 g/mol. The Morgan fingerprint density at radius 2 is 2.35 bits per heavy atom. The highest BCUT2D eigenvalue weighted by Crippen LogP contribution is 2.18. The van der Waals surface area contributed by atoms with Gasteiger partial charge in [-0.25, -0.2) is 10.8 Å². The molecule has 1 aromatic rings. The lowest BCUT2D eigenvalue weighted by Gasteiger charge is -2.08. The number of nitrogen functional groups attached to an aromatic ring is 1. The first kappa shape index (κ1) is 13.4. The van der Waals surface area contributed by atoms with Gasteiger partial charge in [0.15, 0.2) is 5.82 Å². The molecule has 1 amide bonds. The molecule has 0 fully saturated rings. The van der Waals surface area contributed by atoms with Crippen molar-refractivity contribution in [1.82, 2.24) is 9.97 Å². The number of ether oxygens (including phenoxy) is 1. The van der Waals surface area contributed by atoms with Gasteiger partial charge in [-0.15, -0.1) is 0 Å². The van der Waals surface area contributed by atoms with Crippen LogP contribution in [-0.4, -0.2) is 35.6 Å². The van der Waals surface area contributed by atoms with Crippen LogP contribution in [0.2, 0.25) is 5.02 Å². The molecule has 0 aromatic carbocycles. The van der Waals surface area contributed by atoms with Crippen molar-refractivity contribution >= 4 is 29.3 Å². The molecule has 0 radical (unpaired) electrons. The topological polar surface area (TPSA) is 128 Å². The minimum absolute atomic E-state index is 0.116. The number of halogens is 1. The number of aromatic nitrogens is 2. The molecule has 17 heavy (non-hydrogen) atoms. The molecule has 94 valence electrons. The quantitative estimate of drug-likeness (QED) is 0.291. The number of amides is 1. The summed E-state index contributed by atoms with van der Waals surface area (Å²) in [5.41, 5.74) is 7.20. The first-order valence-corrected chi connectivity index (χ1v) is 5.10. The zero-order valence-corrected chi connectivity index (χ0v) is 9.70. The zero-order valence-electron chi connectivity index (χ0n) is 8.94. The molecule has 0 aliphatic heterocycles. The number of hydrogen-bond donors (Lipinski definition) is 4. The molecule has 8 nitrogen and oxygen atoms in total. The summed E-state index contributed by atoms with van der Waals surface area (Å²) in [6.45, 7) is 0.609. The Kier molecular flexibility index (Phi) is 5.40. The summed E-state index contributed by atoms with van der Waals surface area (Å²) in [6.07, 6.45) is 1.41. The van der Waals surface area contributed by atoms with Crippen LogP contribution in [0.1, 0.15) is 0 Å². The van der Waals surface area contributed by atoms with Crippen molar-refractivity contribution in [2.45, 2.75) is 0 Å². The monoisotopic (exact) mass is 260 g/mol. The summed E-state index contributed by atoms with van der Waals surface area (Å²) < 4.78 is 4.95. The maximum atomic E-state index is 10.4. The van der Waals surface area contributed by atoms with Crippen molar-refractivity contribution in [3.63, 3.8) is 0 Å². The Bertz CT molecular complexity index is 388. The lowest BCUT2D eigenvalue weighted by molar-refractivity contribution is -0.122. The molecular formula is C8H13ClN6O2. The second-order valence-electron chi connectivity index (χ2n) is 2.98. The maximum Gasteiger partial charge on any atom is 0.243 e. The van der Waals surface area contributed by atoms with Crippen LogP contribution in [0.5, 0.6) is 0 Å². The minimum atomic E-state index is -0.514. The first-order valence-electron chi connectivity index (χ1n) is 4.72. The lowest BCUT2D eigenvalue weighted by atomic mass is 10.5. The Morgan fingerprint density at radius 3 is 3.00 bits per heavy atom. The smallest absolute Gasteiger partial charge is 0.243 e. The van der Waals surface area contributed by atoms with E-state index in [-0.39, 0.29) is 12.6 Å². The van der Waals surface area contributed by atoms with Crippen LogP contribution in [0.15, 0.2) is 6.20 Å². The highest BCUT2D eigenvalue weighted by Gasteiger charge is 2.03. The number of nitrogens with zero attached hydrogens (tertiary/aromatic N) is 2. The van der Waals surface area contributed by atoms with Crippen molar-refractivity contribution in [2.24, 2.45) is 11.6 Å². The summed E-state index contributed by atoms with van der Waals surface area (Å²) in [7, 11) is 0. The summed E-state index contributed by atoms with van der Waals surface area (Å²) in [5.74, 6) is 5.32. The molecule has 0 bridgehead atoms. The van der Waals surface area contributed by atoms with E-state index in [1.165, 1.54) is 6.20 Å². The first-order chi connectivity index (χ1) is 8.13. The third kappa shape index (κ3) is 4.81. The molecule has 0 spiro atoms. The van der Waals surface area contributed by atoms with Gasteiger partial charge in [0.05, 0.1) is 12.8 Å². The van der Waals surface area contributed by atoms with Gasteiger partial charge in [0.2, 0.25) is 11.9 Å². The number of primary amides is 1. The number of hydrazine groups is 1. The zero-order chi connectivity index (χ0) is 12.7. The van der Waals surface area contributed by atoms with Crippen LogP contribution in [0, 0.1) is 0 Å². The highest BCUT2D eigenvalue weighted by atomic mass is 35.5. The van der Waals surface area contributed by atoms with Gasteiger partial charge in [0, 0.05) is 6.54 Å². The van der Waals surface area contributed by atoms with Crippen molar-refractivity contribution in [3.8, 4) is 0 Å². The molecule has 1 heterocycles. The fraction of sp³-hybridized carbons (Fsp3) is 0.375. The Labute approximate surface area is 103 Å². The van der Waals surface area contributed by atoms with E-state index < -0.39 is 5.91 Å². The SMILES string of the molecule is NNc1ncc(Cl)c(NCCOCC(N)=O)n1. The predicted octanol–water partition coefficient (Wildman–Crippen LogP) is -0.671. The summed E-state index contributed by atoms with van der Waals surface area (Å²) in [4.78, 5) is 18.2. The van der Waals surface area contributed by atoms with E-state index >= 15 is 0 Å². The molecule has 1 rings (SSSR count). The number of nitrogens with two attached hydrogens (primary N) is 2. The van der Waals surface area contributed by atoms with Gasteiger partial charge in [0.25, 0.3) is 0 Å². The number of hydrogen-bond acceptors (Lipinski definition) is 7. The van der Waals surface area contributed by atoms with E-state index in [9.17, 15) is 4.79 Å². The van der Waals surface area contributed by atoms with Gasteiger partial charge in [-0.05, 0) is 0 Å². The van der Waals surface area contributed by atoms with Crippen molar-refractivity contribution in [2.75, 3.05) is 30.5 Å². The second-order valence-corrected chi connectivity index (χ2v) is 3.39. The van der Waals surface area contributed by atoms with Gasteiger partial charge in [-0.3, -0.25) is 10.2 Å². The van der Waals surface area contributed by atoms with Crippen LogP contribution < -0.4 is 22.3 Å². The molecule has 6 N–H and O–H groups in total. The van der Waals surface area contributed by atoms with Gasteiger partial charge >= 0.3 is 0 Å². The van der Waals surface area contributed by atoms with E-state index in [0.29, 0.717) is 24.0 Å². The fourth-order valence-corrected chi connectivity index (χ4v) is 1.13. The van der Waals surface area contributed by atoms with Crippen LogP contribution in [0.4, 0.5) is 11.8 Å². The summed E-state index contributed by atoms with van der Waals surface area (Å²) in [5, 5.41) is 3.27. The molecule has 0 aliphatic carbocycles. The third-order valence-electron chi connectivity index (χ3n) is 1.66. The molecule has 0 aliphatic rings. The van der Waals surface area contributed by atoms with Crippen LogP contribution >= 0.6 is 11.6 Å². The second kappa shape index (κ2) is 6.84. The van der Waals surface area contributed by atoms with E-state index in [1.54, 1.807) is 0 Å². The molecule has 9 heteroatoms. The largest absolute Gasteiger partial charge is 0.370 e. The number of nitrogens with one attached hydrogen (secondary N) is 2. The molecule has 0 saturated carbocycles. The Morgan fingerprint density at radius 1 is 1.59 bits per heavy atom. The molecule has 0 saturated heterocycles. The number of carbonyl (C=O) groups excluding carboxylic acids is 1. The van der Waals surface area contributed by atoms with Gasteiger partial charge in [-0.1, -0.05) is 11.6 Å². The van der Waals surface area contributed by atoms with E-state index in [2.05, 4.69) is 20.7 Å². The van der Waals surface area contributed by atoms with E-state index in [4.69, 9.17) is 27.9 Å². The summed E-state index contributed by atoms with van der Waals surface area (Å²) in [6, 6.07) is 0. The van der Waals surface area contributed by atoms with Gasteiger partial charge < -0.3 is 15.8 Å². The van der Waals surface area contributed by atoms with Crippen LogP contribution in [0.25, 0.3) is 0 Å². The molecule has 0 atom stereocenters. The minimum Gasteiger partial charge on any atom is -0.370 e. The Balaban J connectivity index is 2.38. The van der Waals surface area contributed by atoms with E-state index in [0.717, 1.165) is 0 Å². The van der Waals surface area contributed by atoms with E-state index in [1.807, 2.05) is 0 Å². The van der Waals surface area contributed by atoms with Crippen molar-refractivity contribution in [1.29, 1.82) is 0 Å². The van der Waals surface area contributed by atoms with Gasteiger partial charge in [-0.2, -0.15) is 4.98 Å². The number of rotatable bonds is 7. The highest BCUT2D eigenvalue weighted by molar-refractivity contribution is 6.32. The number of carbonyl (C=O) groups is 1. The molecule has 1 aromatic heterocycles. The standard InChI is InChI=1S/C8H13ClN6O2/c9-5-3-13-8(15-11)14-7(5)12-1-2-17-4-6(10)16/h3H,1-2,4,11H2,(H2,10,16)(H2,12,13,14,15). The lowest BCUT2D eigenvalue weighted by Crippen LogP contribution is -2.21. The molecule has 0 unspecified atom stereocenters.